The van der Waals surface area contributed by atoms with Crippen LogP contribution >= 0.6 is 0 Å². The monoisotopic (exact) mass is 302 g/mol. The van der Waals surface area contributed by atoms with E-state index in [-0.39, 0.29) is 23.3 Å². The van der Waals surface area contributed by atoms with Gasteiger partial charge in [-0.2, -0.15) is 0 Å². The van der Waals surface area contributed by atoms with Crippen LogP contribution in [0.25, 0.3) is 0 Å². The minimum Gasteiger partial charge on any atom is -0.381 e. The fourth-order valence-electron chi connectivity index (χ4n) is 3.82. The highest BCUT2D eigenvalue weighted by Crippen LogP contribution is 2.48. The van der Waals surface area contributed by atoms with Crippen LogP contribution in [0, 0.1) is 11.3 Å². The average Bonchev–Trinajstić information content (AvgIpc) is 2.93. The molecule has 0 aromatic rings. The summed E-state index contributed by atoms with van der Waals surface area (Å²) in [5, 5.41) is 0. The summed E-state index contributed by atoms with van der Waals surface area (Å²) in [5.74, 6) is 0.258. The maximum absolute atomic E-state index is 12.3. The van der Waals surface area contributed by atoms with Gasteiger partial charge in [0.1, 0.15) is 0 Å². The van der Waals surface area contributed by atoms with Crippen molar-refractivity contribution in [1.82, 2.24) is 9.62 Å². The van der Waals surface area contributed by atoms with E-state index in [9.17, 15) is 13.2 Å². The van der Waals surface area contributed by atoms with E-state index in [0.29, 0.717) is 13.2 Å². The fraction of sp³-hybridized carbons (Fsp3) is 0.923. The van der Waals surface area contributed by atoms with E-state index < -0.39 is 10.0 Å². The van der Waals surface area contributed by atoms with Crippen LogP contribution in [-0.2, 0) is 19.6 Å². The number of hydrogen-bond donors (Lipinski definition) is 1. The number of nitrogens with zero attached hydrogens (tertiary/aromatic N) is 1. The first-order valence-electron chi connectivity index (χ1n) is 7.21. The molecule has 2 heterocycles. The lowest BCUT2D eigenvalue weighted by Crippen LogP contribution is -2.52. The standard InChI is InChI=1S/C13H22N2O4S/c1-20(17,18)14-11-6-13(7-11)3-4-15(9-13)12(16)10-2-5-19-8-10/h10-11,14H,2-9H2,1H3/t10-,11?,13?/m0/s1. The lowest BCUT2D eigenvalue weighted by Gasteiger charge is -2.45. The van der Waals surface area contributed by atoms with Crippen LogP contribution in [-0.4, -0.2) is 57.8 Å². The van der Waals surface area contributed by atoms with Gasteiger partial charge in [0.15, 0.2) is 0 Å². The Morgan fingerprint density at radius 1 is 1.40 bits per heavy atom. The Bertz CT molecular complexity index is 493. The second-order valence-corrected chi connectivity index (χ2v) is 8.35. The number of amides is 1. The highest BCUT2D eigenvalue weighted by molar-refractivity contribution is 7.88. The van der Waals surface area contributed by atoms with Gasteiger partial charge in [-0.15, -0.1) is 0 Å². The quantitative estimate of drug-likeness (QED) is 0.793. The van der Waals surface area contributed by atoms with Crippen LogP contribution in [0.2, 0.25) is 0 Å². The topological polar surface area (TPSA) is 75.7 Å². The molecule has 6 nitrogen and oxygen atoms in total. The van der Waals surface area contributed by atoms with Gasteiger partial charge < -0.3 is 9.64 Å². The van der Waals surface area contributed by atoms with Gasteiger partial charge in [-0.1, -0.05) is 0 Å². The number of rotatable bonds is 3. The third-order valence-electron chi connectivity index (χ3n) is 4.77. The summed E-state index contributed by atoms with van der Waals surface area (Å²) in [7, 11) is -3.12. The third-order valence-corrected chi connectivity index (χ3v) is 5.53. The number of carbonyl (C=O) groups excluding carboxylic acids is 1. The maximum Gasteiger partial charge on any atom is 0.228 e. The summed E-state index contributed by atoms with van der Waals surface area (Å²) in [6.45, 7) is 2.83. The van der Waals surface area contributed by atoms with Crippen LogP contribution in [0.4, 0.5) is 0 Å². The van der Waals surface area contributed by atoms with Gasteiger partial charge in [0.25, 0.3) is 0 Å². The summed E-state index contributed by atoms with van der Waals surface area (Å²) >= 11 is 0. The Morgan fingerprint density at radius 3 is 2.75 bits per heavy atom. The second-order valence-electron chi connectivity index (χ2n) is 6.57. The molecule has 114 valence electrons. The van der Waals surface area contributed by atoms with Crippen molar-refractivity contribution in [2.24, 2.45) is 11.3 Å². The van der Waals surface area contributed by atoms with Crippen LogP contribution < -0.4 is 4.72 Å². The van der Waals surface area contributed by atoms with E-state index in [4.69, 9.17) is 4.74 Å². The molecule has 1 N–H and O–H groups in total. The lowest BCUT2D eigenvalue weighted by molar-refractivity contribution is -0.135. The van der Waals surface area contributed by atoms with E-state index in [2.05, 4.69) is 4.72 Å². The predicted octanol–water partition coefficient (Wildman–Crippen LogP) is -0.0468. The molecule has 1 spiro atoms. The van der Waals surface area contributed by atoms with Crippen molar-refractivity contribution in [3.05, 3.63) is 0 Å². The lowest BCUT2D eigenvalue weighted by atomic mass is 9.65. The summed E-state index contributed by atoms with van der Waals surface area (Å²) in [6, 6.07) is 0.0508. The fourth-order valence-corrected chi connectivity index (χ4v) is 4.59. The van der Waals surface area contributed by atoms with Crippen molar-refractivity contribution >= 4 is 15.9 Å². The van der Waals surface area contributed by atoms with E-state index in [1.54, 1.807) is 0 Å². The van der Waals surface area contributed by atoms with E-state index >= 15 is 0 Å². The SMILES string of the molecule is CS(=O)(=O)NC1CC2(CCN(C(=O)[C@H]3CCOC3)C2)C1. The molecule has 0 bridgehead atoms. The molecular weight excluding hydrogens is 280 g/mol. The Kier molecular flexibility index (Phi) is 3.54. The summed E-state index contributed by atoms with van der Waals surface area (Å²) in [5.41, 5.74) is 0.150. The van der Waals surface area contributed by atoms with E-state index in [1.165, 1.54) is 6.26 Å². The molecule has 1 atom stereocenters. The van der Waals surface area contributed by atoms with Gasteiger partial charge in [-0.25, -0.2) is 13.1 Å². The zero-order chi connectivity index (χ0) is 14.4. The van der Waals surface area contributed by atoms with Crippen LogP contribution in [0.15, 0.2) is 0 Å². The van der Waals surface area contributed by atoms with Crippen molar-refractivity contribution < 1.29 is 17.9 Å². The van der Waals surface area contributed by atoms with Crippen molar-refractivity contribution in [1.29, 1.82) is 0 Å². The molecule has 3 rings (SSSR count). The Balaban J connectivity index is 1.52. The molecule has 2 aliphatic heterocycles. The molecule has 0 aromatic carbocycles. The van der Waals surface area contributed by atoms with Gasteiger partial charge in [0.05, 0.1) is 18.8 Å². The van der Waals surface area contributed by atoms with Crippen molar-refractivity contribution in [3.63, 3.8) is 0 Å². The molecule has 3 fully saturated rings. The van der Waals surface area contributed by atoms with E-state index in [0.717, 1.165) is 38.8 Å². The molecule has 1 aliphatic carbocycles. The number of sulfonamides is 1. The van der Waals surface area contributed by atoms with Gasteiger partial charge in [0, 0.05) is 25.7 Å². The van der Waals surface area contributed by atoms with Crippen LogP contribution in [0.5, 0.6) is 0 Å². The number of carbonyl (C=O) groups is 1. The first-order chi connectivity index (χ1) is 9.37. The van der Waals surface area contributed by atoms with Gasteiger partial charge in [-0.05, 0) is 31.1 Å². The number of hydrogen-bond acceptors (Lipinski definition) is 4. The average molecular weight is 302 g/mol. The van der Waals surface area contributed by atoms with Crippen LogP contribution in [0.1, 0.15) is 25.7 Å². The molecule has 3 aliphatic rings. The largest absolute Gasteiger partial charge is 0.381 e. The Hall–Kier alpha value is -0.660. The molecule has 20 heavy (non-hydrogen) atoms. The summed E-state index contributed by atoms with van der Waals surface area (Å²) in [4.78, 5) is 14.3. The normalized spacial score (nSPS) is 37.4. The number of likely N-dealkylation sites (tertiary alicyclic amines) is 1. The van der Waals surface area contributed by atoms with Gasteiger partial charge >= 0.3 is 0 Å². The second kappa shape index (κ2) is 4.96. The zero-order valence-electron chi connectivity index (χ0n) is 11.8. The molecule has 2 saturated heterocycles. The first kappa shape index (κ1) is 14.3. The first-order valence-corrected chi connectivity index (χ1v) is 9.10. The highest BCUT2D eigenvalue weighted by atomic mass is 32.2. The minimum absolute atomic E-state index is 0.0372. The highest BCUT2D eigenvalue weighted by Gasteiger charge is 2.50. The number of ether oxygens (including phenoxy) is 1. The molecule has 1 amide bonds. The van der Waals surface area contributed by atoms with Crippen molar-refractivity contribution in [2.75, 3.05) is 32.6 Å². The maximum atomic E-state index is 12.3. The van der Waals surface area contributed by atoms with Gasteiger partial charge in [0.2, 0.25) is 15.9 Å². The zero-order valence-corrected chi connectivity index (χ0v) is 12.6. The van der Waals surface area contributed by atoms with E-state index in [1.807, 2.05) is 4.90 Å². The molecule has 0 unspecified atom stereocenters. The molecular formula is C13H22N2O4S. The number of nitrogens with one attached hydrogen (secondary N) is 1. The Labute approximate surface area is 119 Å². The molecule has 0 radical (unpaired) electrons. The molecule has 1 saturated carbocycles. The minimum atomic E-state index is -3.12. The van der Waals surface area contributed by atoms with Crippen molar-refractivity contribution in [2.45, 2.75) is 31.7 Å². The summed E-state index contributed by atoms with van der Waals surface area (Å²) < 4.78 is 30.3. The smallest absolute Gasteiger partial charge is 0.228 e. The van der Waals surface area contributed by atoms with Crippen molar-refractivity contribution in [3.8, 4) is 0 Å². The predicted molar refractivity (Wildman–Crippen MR) is 73.6 cm³/mol. The molecule has 7 heteroatoms. The third kappa shape index (κ3) is 2.84. The van der Waals surface area contributed by atoms with Gasteiger partial charge in [-0.3, -0.25) is 4.79 Å². The Morgan fingerprint density at radius 2 is 2.15 bits per heavy atom. The summed E-state index contributed by atoms with van der Waals surface area (Å²) in [6.07, 6.45) is 4.73. The van der Waals surface area contributed by atoms with Crippen LogP contribution in [0.3, 0.4) is 0 Å². The molecule has 0 aromatic heterocycles.